The van der Waals surface area contributed by atoms with Crippen molar-refractivity contribution in [3.8, 4) is 39.8 Å². The summed E-state index contributed by atoms with van der Waals surface area (Å²) in [4.78, 5) is 2.25. The van der Waals surface area contributed by atoms with E-state index in [9.17, 15) is 9.50 Å². The lowest BCUT2D eigenvalue weighted by Gasteiger charge is -2.34. The number of phenolic OH excluding ortho intramolecular Hbond substituents is 1. The van der Waals surface area contributed by atoms with E-state index >= 15 is 0 Å². The summed E-state index contributed by atoms with van der Waals surface area (Å²) in [7, 11) is 1.49. The van der Waals surface area contributed by atoms with Crippen LogP contribution in [0.3, 0.4) is 0 Å². The largest absolute Gasteiger partial charge is 0.504 e. The van der Waals surface area contributed by atoms with Crippen molar-refractivity contribution in [2.75, 3.05) is 25.1 Å². The van der Waals surface area contributed by atoms with Crippen LogP contribution in [0.25, 0.3) is 22.3 Å². The highest BCUT2D eigenvalue weighted by Gasteiger charge is 2.22. The number of hydrogen-bond acceptors (Lipinski definition) is 5. The zero-order chi connectivity index (χ0) is 22.8. The monoisotopic (exact) mass is 430 g/mol. The van der Waals surface area contributed by atoms with Crippen LogP contribution >= 0.6 is 0 Å². The maximum atomic E-state index is 14.5. The van der Waals surface area contributed by atoms with Gasteiger partial charge in [0.15, 0.2) is 11.5 Å². The van der Waals surface area contributed by atoms with E-state index in [-0.39, 0.29) is 17.4 Å². The van der Waals surface area contributed by atoms with Crippen molar-refractivity contribution in [3.05, 3.63) is 72.4 Å². The summed E-state index contributed by atoms with van der Waals surface area (Å²) in [5, 5.41) is 19.4. The quantitative estimate of drug-likeness (QED) is 0.618. The van der Waals surface area contributed by atoms with Crippen LogP contribution in [-0.2, 0) is 0 Å². The molecule has 3 N–H and O–H groups in total. The summed E-state index contributed by atoms with van der Waals surface area (Å²) in [5.74, 6) is -0.195. The number of hydrogen-bond donors (Lipinski definition) is 2. The third-order valence-corrected chi connectivity index (χ3v) is 6.04. The Morgan fingerprint density at radius 3 is 2.47 bits per heavy atom. The number of halogens is 1. The molecule has 0 bridgehead atoms. The average Bonchev–Trinajstić information content (AvgIpc) is 2.79. The van der Waals surface area contributed by atoms with Crippen LogP contribution in [0.1, 0.15) is 24.0 Å². The van der Waals surface area contributed by atoms with Crippen LogP contribution in [-0.4, -0.2) is 31.3 Å². The summed E-state index contributed by atoms with van der Waals surface area (Å²) in [5.41, 5.74) is 10.7. The van der Waals surface area contributed by atoms with Gasteiger partial charge in [0.05, 0.1) is 12.7 Å². The van der Waals surface area contributed by atoms with Crippen molar-refractivity contribution in [2.24, 2.45) is 5.73 Å². The van der Waals surface area contributed by atoms with Gasteiger partial charge in [-0.25, -0.2) is 4.39 Å². The molecule has 32 heavy (non-hydrogen) atoms. The number of nitrogens with two attached hydrogens (primary N) is 1. The first kappa shape index (κ1) is 21.7. The van der Waals surface area contributed by atoms with Crippen molar-refractivity contribution >= 4 is 5.69 Å². The molecule has 0 spiro atoms. The number of anilines is 1. The molecule has 5 nitrogen and oxygen atoms in total. The molecule has 3 aromatic carbocycles. The molecular weight excluding hydrogens is 405 g/mol. The number of methoxy groups -OCH3 is 1. The smallest absolute Gasteiger partial charge is 0.160 e. The summed E-state index contributed by atoms with van der Waals surface area (Å²) < 4.78 is 19.7. The highest BCUT2D eigenvalue weighted by atomic mass is 19.1. The maximum absolute atomic E-state index is 14.5. The number of ether oxygens (including phenoxy) is 1. The predicted molar refractivity (Wildman–Crippen MR) is 124 cm³/mol. The molecule has 0 atom stereocenters. The molecule has 6 heteroatoms. The number of nitriles is 1. The minimum Gasteiger partial charge on any atom is -0.504 e. The molecule has 0 aromatic heterocycles. The Morgan fingerprint density at radius 1 is 1.12 bits per heavy atom. The summed E-state index contributed by atoms with van der Waals surface area (Å²) in [6.07, 6.45) is 1.79. The number of nitrogens with zero attached hydrogens (tertiary/aromatic N) is 2. The van der Waals surface area contributed by atoms with Gasteiger partial charge in [-0.05, 0) is 77.9 Å². The van der Waals surface area contributed by atoms with Gasteiger partial charge < -0.3 is 20.5 Å². The van der Waals surface area contributed by atoms with Crippen LogP contribution in [0.4, 0.5) is 10.1 Å². The van der Waals surface area contributed by atoms with E-state index in [2.05, 4.69) is 11.8 Å². The molecule has 1 saturated heterocycles. The number of benzene rings is 3. The van der Waals surface area contributed by atoms with E-state index in [1.165, 1.54) is 19.2 Å². The van der Waals surface area contributed by atoms with E-state index in [1.54, 1.807) is 18.2 Å². The second-order valence-corrected chi connectivity index (χ2v) is 8.00. The second kappa shape index (κ2) is 8.89. The van der Waals surface area contributed by atoms with Gasteiger partial charge in [0.2, 0.25) is 0 Å². The molecule has 0 unspecified atom stereocenters. The first-order valence-electron chi connectivity index (χ1n) is 10.5. The summed E-state index contributed by atoms with van der Waals surface area (Å²) in [6, 6.07) is 15.8. The standard InChI is InChI=1S/C26H25FN3O2/c1-16-23(30-11-9-20(29)10-12-30)7-6-21(17-5-8-25(32-2)24(31)14-17)26(16)18-3-4-19(15-28)22(27)13-18/h3-8,13-14,20,31H,1,9-12,29H2,2H3. The lowest BCUT2D eigenvalue weighted by Crippen LogP contribution is -2.40. The van der Waals surface area contributed by atoms with E-state index in [4.69, 9.17) is 15.7 Å². The number of piperidine rings is 1. The molecule has 3 aromatic rings. The molecule has 4 rings (SSSR count). The molecule has 1 heterocycles. The van der Waals surface area contributed by atoms with Gasteiger partial charge in [0.25, 0.3) is 0 Å². The predicted octanol–water partition coefficient (Wildman–Crippen LogP) is 4.86. The fourth-order valence-electron chi connectivity index (χ4n) is 4.26. The van der Waals surface area contributed by atoms with Crippen molar-refractivity contribution in [1.29, 1.82) is 5.26 Å². The Labute approximate surface area is 187 Å². The average molecular weight is 431 g/mol. The van der Waals surface area contributed by atoms with E-state index in [1.807, 2.05) is 24.3 Å². The van der Waals surface area contributed by atoms with Crippen LogP contribution in [0, 0.1) is 24.1 Å². The highest BCUT2D eigenvalue weighted by Crippen LogP contribution is 2.42. The van der Waals surface area contributed by atoms with Gasteiger partial charge >= 0.3 is 0 Å². The molecule has 1 radical (unpaired) electrons. The van der Waals surface area contributed by atoms with Crippen LogP contribution in [0.15, 0.2) is 48.5 Å². The van der Waals surface area contributed by atoms with Gasteiger partial charge in [0, 0.05) is 24.8 Å². The lowest BCUT2D eigenvalue weighted by atomic mass is 9.88. The van der Waals surface area contributed by atoms with Crippen molar-refractivity contribution < 1.29 is 14.2 Å². The van der Waals surface area contributed by atoms with Gasteiger partial charge in [-0.1, -0.05) is 18.2 Å². The Hall–Kier alpha value is -3.56. The molecule has 1 fully saturated rings. The SMILES string of the molecule is [CH2]c1c(N2CCC(N)CC2)ccc(-c2ccc(OC)c(O)c2)c1-c1ccc(C#N)c(F)c1. The Bertz CT molecular complexity index is 1190. The minimum absolute atomic E-state index is 0.0100. The number of rotatable bonds is 4. The van der Waals surface area contributed by atoms with Gasteiger partial charge in [0.1, 0.15) is 11.9 Å². The van der Waals surface area contributed by atoms with Crippen LogP contribution in [0.5, 0.6) is 11.5 Å². The molecule has 163 valence electrons. The van der Waals surface area contributed by atoms with Crippen molar-refractivity contribution in [3.63, 3.8) is 0 Å². The van der Waals surface area contributed by atoms with Crippen LogP contribution in [0.2, 0.25) is 0 Å². The minimum atomic E-state index is -0.581. The van der Waals surface area contributed by atoms with E-state index in [0.717, 1.165) is 53.9 Å². The maximum Gasteiger partial charge on any atom is 0.160 e. The second-order valence-electron chi connectivity index (χ2n) is 8.00. The first-order valence-corrected chi connectivity index (χ1v) is 10.5. The first-order chi connectivity index (χ1) is 15.4. The van der Waals surface area contributed by atoms with Gasteiger partial charge in [-0.2, -0.15) is 5.26 Å². The fourth-order valence-corrected chi connectivity index (χ4v) is 4.26. The Morgan fingerprint density at radius 2 is 1.84 bits per heavy atom. The molecule has 1 aliphatic heterocycles. The third kappa shape index (κ3) is 4.00. The Balaban J connectivity index is 1.90. The lowest BCUT2D eigenvalue weighted by molar-refractivity contribution is 0.373. The topological polar surface area (TPSA) is 82.5 Å². The van der Waals surface area contributed by atoms with Crippen LogP contribution < -0.4 is 15.4 Å². The van der Waals surface area contributed by atoms with E-state index in [0.29, 0.717) is 11.3 Å². The van der Waals surface area contributed by atoms with Gasteiger partial charge in [-0.15, -0.1) is 0 Å². The zero-order valence-corrected chi connectivity index (χ0v) is 17.9. The highest BCUT2D eigenvalue weighted by molar-refractivity contribution is 5.90. The molecule has 0 saturated carbocycles. The molecular formula is C26H25FN3O2. The normalized spacial score (nSPS) is 14.3. The van der Waals surface area contributed by atoms with Crippen molar-refractivity contribution in [1.82, 2.24) is 0 Å². The fraction of sp³-hybridized carbons (Fsp3) is 0.231. The molecule has 1 aliphatic rings. The summed E-state index contributed by atoms with van der Waals surface area (Å²) in [6.45, 7) is 6.01. The number of aromatic hydroxyl groups is 1. The number of phenols is 1. The summed E-state index contributed by atoms with van der Waals surface area (Å²) >= 11 is 0. The van der Waals surface area contributed by atoms with E-state index < -0.39 is 5.82 Å². The third-order valence-electron chi connectivity index (χ3n) is 6.04. The molecule has 0 aliphatic carbocycles. The molecule has 0 amide bonds. The van der Waals surface area contributed by atoms with Crippen molar-refractivity contribution in [2.45, 2.75) is 18.9 Å². The Kier molecular flexibility index (Phi) is 6.02. The zero-order valence-electron chi connectivity index (χ0n) is 17.9. The van der Waals surface area contributed by atoms with Gasteiger partial charge in [-0.3, -0.25) is 0 Å².